The number of hydrogen-bond donors (Lipinski definition) is 2. The molecule has 2 unspecified atom stereocenters. The van der Waals surface area contributed by atoms with Crippen LogP contribution < -0.4 is 0 Å². The molecular formula is C8H19NO2. The normalized spacial score (nSPS) is 16.9. The zero-order valence-electron chi connectivity index (χ0n) is 7.62. The predicted octanol–water partition coefficient (Wildman–Crippen LogP) is -0.0726. The molecule has 0 saturated heterocycles. The van der Waals surface area contributed by atoms with Gasteiger partial charge < -0.3 is 15.1 Å². The molecule has 0 spiro atoms. The molecule has 3 heteroatoms. The van der Waals surface area contributed by atoms with Crippen molar-refractivity contribution < 1.29 is 10.2 Å². The van der Waals surface area contributed by atoms with E-state index in [4.69, 9.17) is 5.11 Å². The van der Waals surface area contributed by atoms with Gasteiger partial charge in [-0.3, -0.25) is 0 Å². The summed E-state index contributed by atoms with van der Waals surface area (Å²) in [4.78, 5) is 2.02. The topological polar surface area (TPSA) is 43.7 Å². The van der Waals surface area contributed by atoms with Gasteiger partial charge in [0.05, 0.1) is 12.7 Å². The summed E-state index contributed by atoms with van der Waals surface area (Å²) in [6, 6.07) is 0. The minimum Gasteiger partial charge on any atom is -0.394 e. The average Bonchev–Trinajstić information content (AvgIpc) is 1.98. The molecule has 2 N–H and O–H groups in total. The van der Waals surface area contributed by atoms with Gasteiger partial charge in [0.15, 0.2) is 0 Å². The highest BCUT2D eigenvalue weighted by Gasteiger charge is 2.16. The van der Waals surface area contributed by atoms with Gasteiger partial charge >= 0.3 is 0 Å². The summed E-state index contributed by atoms with van der Waals surface area (Å²) in [6.45, 7) is 2.72. The van der Waals surface area contributed by atoms with Crippen LogP contribution in [0.4, 0.5) is 0 Å². The maximum Gasteiger partial charge on any atom is 0.0811 e. The van der Waals surface area contributed by atoms with Gasteiger partial charge in [0.25, 0.3) is 0 Å². The fourth-order valence-corrected chi connectivity index (χ4v) is 1.14. The van der Waals surface area contributed by atoms with Crippen molar-refractivity contribution in [3.63, 3.8) is 0 Å². The van der Waals surface area contributed by atoms with Crippen molar-refractivity contribution in [2.24, 2.45) is 5.92 Å². The highest BCUT2D eigenvalue weighted by atomic mass is 16.3. The van der Waals surface area contributed by atoms with Crippen LogP contribution in [0.25, 0.3) is 0 Å². The van der Waals surface area contributed by atoms with Crippen LogP contribution in [0.2, 0.25) is 0 Å². The lowest BCUT2D eigenvalue weighted by Crippen LogP contribution is -2.32. The average molecular weight is 161 g/mol. The number of rotatable bonds is 5. The SMILES string of the molecule is CCC(CN(C)C)C(O)CO. The highest BCUT2D eigenvalue weighted by molar-refractivity contribution is 4.68. The van der Waals surface area contributed by atoms with Gasteiger partial charge in [-0.1, -0.05) is 6.92 Å². The van der Waals surface area contributed by atoms with Crippen LogP contribution in [0.15, 0.2) is 0 Å². The number of aliphatic hydroxyl groups excluding tert-OH is 2. The van der Waals surface area contributed by atoms with Crippen LogP contribution >= 0.6 is 0 Å². The second kappa shape index (κ2) is 5.52. The Labute approximate surface area is 68.6 Å². The van der Waals surface area contributed by atoms with E-state index in [1.165, 1.54) is 0 Å². The third-order valence-electron chi connectivity index (χ3n) is 1.86. The van der Waals surface area contributed by atoms with Crippen LogP contribution in [0.3, 0.4) is 0 Å². The van der Waals surface area contributed by atoms with Gasteiger partial charge in [0.2, 0.25) is 0 Å². The lowest BCUT2D eigenvalue weighted by atomic mass is 10.00. The Morgan fingerprint density at radius 1 is 1.36 bits per heavy atom. The molecule has 0 aromatic rings. The molecule has 0 aliphatic heterocycles. The van der Waals surface area contributed by atoms with Gasteiger partial charge in [0.1, 0.15) is 0 Å². The Bertz CT molecular complexity index is 96.1. The van der Waals surface area contributed by atoms with E-state index in [-0.39, 0.29) is 12.5 Å². The Hall–Kier alpha value is -0.120. The second-order valence-electron chi connectivity index (χ2n) is 3.18. The number of nitrogens with zero attached hydrogens (tertiary/aromatic N) is 1. The van der Waals surface area contributed by atoms with Gasteiger partial charge in [0, 0.05) is 6.54 Å². The maximum absolute atomic E-state index is 9.29. The van der Waals surface area contributed by atoms with Gasteiger partial charge in [-0.05, 0) is 26.4 Å². The Balaban J connectivity index is 3.74. The molecule has 3 nitrogen and oxygen atoms in total. The van der Waals surface area contributed by atoms with Crippen LogP contribution in [-0.4, -0.2) is 48.5 Å². The van der Waals surface area contributed by atoms with Crippen molar-refractivity contribution in [3.05, 3.63) is 0 Å². The first-order chi connectivity index (χ1) is 5.11. The summed E-state index contributed by atoms with van der Waals surface area (Å²) in [5.41, 5.74) is 0. The quantitative estimate of drug-likeness (QED) is 0.593. The van der Waals surface area contributed by atoms with Crippen molar-refractivity contribution in [1.82, 2.24) is 4.90 Å². The molecule has 2 atom stereocenters. The third kappa shape index (κ3) is 4.35. The molecule has 0 bridgehead atoms. The number of hydrogen-bond acceptors (Lipinski definition) is 3. The van der Waals surface area contributed by atoms with Crippen molar-refractivity contribution in [3.8, 4) is 0 Å². The van der Waals surface area contributed by atoms with Crippen molar-refractivity contribution in [2.45, 2.75) is 19.4 Å². The molecule has 0 saturated carbocycles. The van der Waals surface area contributed by atoms with Crippen molar-refractivity contribution in [2.75, 3.05) is 27.2 Å². The predicted molar refractivity (Wildman–Crippen MR) is 45.4 cm³/mol. The van der Waals surface area contributed by atoms with Crippen LogP contribution in [0.1, 0.15) is 13.3 Å². The zero-order chi connectivity index (χ0) is 8.85. The first-order valence-corrected chi connectivity index (χ1v) is 4.05. The minimum absolute atomic E-state index is 0.133. The molecule has 0 aromatic heterocycles. The Morgan fingerprint density at radius 3 is 2.18 bits per heavy atom. The van der Waals surface area contributed by atoms with E-state index in [1.807, 2.05) is 25.9 Å². The smallest absolute Gasteiger partial charge is 0.0811 e. The van der Waals surface area contributed by atoms with E-state index >= 15 is 0 Å². The molecule has 0 fully saturated rings. The van der Waals surface area contributed by atoms with Crippen molar-refractivity contribution >= 4 is 0 Å². The van der Waals surface area contributed by atoms with Crippen molar-refractivity contribution in [1.29, 1.82) is 0 Å². The first-order valence-electron chi connectivity index (χ1n) is 4.05. The molecular weight excluding hydrogens is 142 g/mol. The summed E-state index contributed by atoms with van der Waals surface area (Å²) in [7, 11) is 3.93. The molecule has 0 aliphatic rings. The van der Waals surface area contributed by atoms with Crippen LogP contribution in [0.5, 0.6) is 0 Å². The van der Waals surface area contributed by atoms with Crippen LogP contribution in [0, 0.1) is 5.92 Å². The summed E-state index contributed by atoms with van der Waals surface area (Å²) >= 11 is 0. The summed E-state index contributed by atoms with van der Waals surface area (Å²) in [5.74, 6) is 0.190. The Morgan fingerprint density at radius 2 is 1.91 bits per heavy atom. The number of aliphatic hydroxyl groups is 2. The van der Waals surface area contributed by atoms with E-state index in [2.05, 4.69) is 0 Å². The molecule has 0 rings (SSSR count). The standard InChI is InChI=1S/C8H19NO2/c1-4-7(5-9(2)3)8(11)6-10/h7-8,10-11H,4-6H2,1-3H3. The largest absolute Gasteiger partial charge is 0.394 e. The first kappa shape index (κ1) is 10.9. The molecule has 68 valence electrons. The molecule has 0 amide bonds. The fourth-order valence-electron chi connectivity index (χ4n) is 1.14. The van der Waals surface area contributed by atoms with Gasteiger partial charge in [-0.25, -0.2) is 0 Å². The van der Waals surface area contributed by atoms with E-state index in [1.54, 1.807) is 0 Å². The maximum atomic E-state index is 9.29. The molecule has 0 heterocycles. The molecule has 0 radical (unpaired) electrons. The van der Waals surface area contributed by atoms with E-state index in [0.29, 0.717) is 0 Å². The highest BCUT2D eigenvalue weighted by Crippen LogP contribution is 2.08. The Kier molecular flexibility index (Phi) is 5.46. The molecule has 0 aromatic carbocycles. The van der Waals surface area contributed by atoms with E-state index in [0.717, 1.165) is 13.0 Å². The van der Waals surface area contributed by atoms with E-state index in [9.17, 15) is 5.11 Å². The second-order valence-corrected chi connectivity index (χ2v) is 3.18. The summed E-state index contributed by atoms with van der Waals surface area (Å²) < 4.78 is 0. The zero-order valence-corrected chi connectivity index (χ0v) is 7.62. The van der Waals surface area contributed by atoms with Gasteiger partial charge in [-0.15, -0.1) is 0 Å². The van der Waals surface area contributed by atoms with Gasteiger partial charge in [-0.2, -0.15) is 0 Å². The molecule has 11 heavy (non-hydrogen) atoms. The summed E-state index contributed by atoms with van der Waals surface area (Å²) in [6.07, 6.45) is 0.335. The summed E-state index contributed by atoms with van der Waals surface area (Å²) in [5, 5.41) is 18.0. The molecule has 0 aliphatic carbocycles. The fraction of sp³-hybridized carbons (Fsp3) is 1.00. The van der Waals surface area contributed by atoms with E-state index < -0.39 is 6.10 Å². The van der Waals surface area contributed by atoms with Crippen LogP contribution in [-0.2, 0) is 0 Å². The lowest BCUT2D eigenvalue weighted by Gasteiger charge is -2.23. The third-order valence-corrected chi connectivity index (χ3v) is 1.86. The lowest BCUT2D eigenvalue weighted by molar-refractivity contribution is 0.0355. The monoisotopic (exact) mass is 161 g/mol. The minimum atomic E-state index is -0.567.